The maximum absolute atomic E-state index is 13.0. The predicted molar refractivity (Wildman–Crippen MR) is 156 cm³/mol. The summed E-state index contributed by atoms with van der Waals surface area (Å²) in [6.07, 6.45) is 0. The molecule has 1 aromatic heterocycles. The first-order valence-electron chi connectivity index (χ1n) is 11.9. The summed E-state index contributed by atoms with van der Waals surface area (Å²) >= 11 is 25.4. The molecule has 214 valence electrons. The standard InChI is InChI=1S/C27H20Cl4N2O7S/c1-4-39-27(38)16-14(13-7-5-11(2)6-8-13)10-41-23(16)32-15(34)9-40-26(37)12(3)33-24(35)17-18(25(33)36)20(29)22(31)21(30)19(17)28/h5-8,10,12H,4,9H2,1-3H3,(H,32,34)/t12-/m0/s1. The predicted octanol–water partition coefficient (Wildman–Crippen LogP) is 6.68. The quantitative estimate of drug-likeness (QED) is 0.124. The molecule has 0 radical (unpaired) electrons. The van der Waals surface area contributed by atoms with Crippen LogP contribution in [0.2, 0.25) is 20.1 Å². The number of carbonyl (C=O) groups is 5. The first-order chi connectivity index (χ1) is 19.4. The van der Waals surface area contributed by atoms with Gasteiger partial charge in [0, 0.05) is 10.9 Å². The fraction of sp³-hybridized carbons (Fsp3) is 0.222. The average Bonchev–Trinajstić information content (AvgIpc) is 3.47. The molecule has 0 spiro atoms. The number of amides is 3. The van der Waals surface area contributed by atoms with E-state index in [1.165, 1.54) is 6.92 Å². The van der Waals surface area contributed by atoms with Gasteiger partial charge in [-0.3, -0.25) is 19.3 Å². The summed E-state index contributed by atoms with van der Waals surface area (Å²) in [5.74, 6) is -4.30. The number of halogens is 4. The molecule has 1 aliphatic rings. The first-order valence-corrected chi connectivity index (χ1v) is 14.3. The Labute approximate surface area is 258 Å². The van der Waals surface area contributed by atoms with E-state index in [1.807, 2.05) is 31.2 Å². The second kappa shape index (κ2) is 12.4. The van der Waals surface area contributed by atoms with Crippen molar-refractivity contribution in [2.24, 2.45) is 0 Å². The summed E-state index contributed by atoms with van der Waals surface area (Å²) in [6, 6.07) is 6.01. The maximum Gasteiger partial charge on any atom is 0.341 e. The first kappa shape index (κ1) is 30.8. The number of hydrogen-bond acceptors (Lipinski definition) is 8. The molecule has 0 bridgehead atoms. The van der Waals surface area contributed by atoms with Crippen LogP contribution in [0.15, 0.2) is 29.6 Å². The topological polar surface area (TPSA) is 119 Å². The van der Waals surface area contributed by atoms with Gasteiger partial charge in [-0.15, -0.1) is 11.3 Å². The Morgan fingerprint density at radius 2 is 1.49 bits per heavy atom. The highest BCUT2D eigenvalue weighted by Crippen LogP contribution is 2.45. The summed E-state index contributed by atoms with van der Waals surface area (Å²) in [5.41, 5.74) is 1.93. The molecule has 0 saturated heterocycles. The largest absolute Gasteiger partial charge is 0.462 e. The van der Waals surface area contributed by atoms with Crippen LogP contribution >= 0.6 is 57.7 Å². The van der Waals surface area contributed by atoms with E-state index < -0.39 is 42.3 Å². The Kier molecular flexibility index (Phi) is 9.30. The summed E-state index contributed by atoms with van der Waals surface area (Å²) in [7, 11) is 0. The molecule has 4 rings (SSSR count). The molecule has 41 heavy (non-hydrogen) atoms. The minimum absolute atomic E-state index is 0.123. The number of esters is 2. The molecule has 3 aromatic rings. The number of imide groups is 1. The van der Waals surface area contributed by atoms with E-state index in [9.17, 15) is 24.0 Å². The van der Waals surface area contributed by atoms with Crippen molar-refractivity contribution in [3.63, 3.8) is 0 Å². The van der Waals surface area contributed by atoms with Crippen molar-refractivity contribution in [2.45, 2.75) is 26.8 Å². The number of fused-ring (bicyclic) bond motifs is 1. The molecule has 0 aliphatic carbocycles. The van der Waals surface area contributed by atoms with Crippen molar-refractivity contribution < 1.29 is 33.4 Å². The molecule has 9 nitrogen and oxygen atoms in total. The molecule has 1 atom stereocenters. The molecule has 14 heteroatoms. The number of thiophene rings is 1. The van der Waals surface area contributed by atoms with Crippen molar-refractivity contribution in [2.75, 3.05) is 18.5 Å². The molecule has 0 unspecified atom stereocenters. The molecule has 0 saturated carbocycles. The van der Waals surface area contributed by atoms with E-state index in [1.54, 1.807) is 12.3 Å². The van der Waals surface area contributed by atoms with Gasteiger partial charge in [0.1, 0.15) is 16.6 Å². The molecule has 2 heterocycles. The number of ether oxygens (including phenoxy) is 2. The number of carbonyl (C=O) groups excluding carboxylic acids is 5. The summed E-state index contributed by atoms with van der Waals surface area (Å²) in [6.45, 7) is 4.18. The van der Waals surface area contributed by atoms with Gasteiger partial charge in [-0.2, -0.15) is 0 Å². The molecule has 1 aliphatic heterocycles. The molecule has 2 aromatic carbocycles. The summed E-state index contributed by atoms with van der Waals surface area (Å²) in [4.78, 5) is 64.8. The highest BCUT2D eigenvalue weighted by Gasteiger charge is 2.45. The maximum atomic E-state index is 13.0. The smallest absolute Gasteiger partial charge is 0.341 e. The van der Waals surface area contributed by atoms with Crippen molar-refractivity contribution in [3.05, 3.63) is 72.0 Å². The van der Waals surface area contributed by atoms with Crippen LogP contribution in [-0.4, -0.2) is 53.8 Å². The van der Waals surface area contributed by atoms with Gasteiger partial charge in [0.15, 0.2) is 6.61 Å². The Bertz CT molecular complexity index is 1560. The SMILES string of the molecule is CCOC(=O)c1c(-c2ccc(C)cc2)csc1NC(=O)COC(=O)[C@H](C)N1C(=O)c2c(Cl)c(Cl)c(Cl)c(Cl)c2C1=O. The molecular weight excluding hydrogens is 638 g/mol. The number of rotatable bonds is 8. The lowest BCUT2D eigenvalue weighted by Gasteiger charge is -2.20. The van der Waals surface area contributed by atoms with Crippen LogP contribution in [0.25, 0.3) is 11.1 Å². The second-order valence-corrected chi connectivity index (χ2v) is 11.1. The summed E-state index contributed by atoms with van der Waals surface area (Å²) in [5, 5.41) is 3.48. The highest BCUT2D eigenvalue weighted by atomic mass is 35.5. The Morgan fingerprint density at radius 3 is 2.02 bits per heavy atom. The minimum Gasteiger partial charge on any atom is -0.462 e. The zero-order valence-corrected chi connectivity index (χ0v) is 25.4. The zero-order valence-electron chi connectivity index (χ0n) is 21.6. The zero-order chi connectivity index (χ0) is 30.2. The van der Waals surface area contributed by atoms with E-state index in [2.05, 4.69) is 5.32 Å². The van der Waals surface area contributed by atoms with E-state index >= 15 is 0 Å². The number of nitrogens with one attached hydrogen (secondary N) is 1. The Morgan fingerprint density at radius 1 is 0.927 bits per heavy atom. The van der Waals surface area contributed by atoms with Gasteiger partial charge < -0.3 is 14.8 Å². The normalized spacial score (nSPS) is 13.2. The van der Waals surface area contributed by atoms with Gasteiger partial charge >= 0.3 is 11.9 Å². The van der Waals surface area contributed by atoms with Crippen molar-refractivity contribution in [1.29, 1.82) is 0 Å². The van der Waals surface area contributed by atoms with Gasteiger partial charge in [0.2, 0.25) is 0 Å². The van der Waals surface area contributed by atoms with Gasteiger partial charge in [0.25, 0.3) is 17.7 Å². The number of hydrogen-bond donors (Lipinski definition) is 1. The van der Waals surface area contributed by atoms with Gasteiger partial charge in [-0.25, -0.2) is 9.59 Å². The molecule has 3 amide bonds. The van der Waals surface area contributed by atoms with Gasteiger partial charge in [-0.1, -0.05) is 76.2 Å². The van der Waals surface area contributed by atoms with Crippen molar-refractivity contribution in [1.82, 2.24) is 4.90 Å². The molecule has 1 N–H and O–H groups in total. The van der Waals surface area contributed by atoms with Crippen molar-refractivity contribution in [3.8, 4) is 11.1 Å². The third-order valence-corrected chi connectivity index (χ3v) is 8.79. The monoisotopic (exact) mass is 656 g/mol. The van der Waals surface area contributed by atoms with Crippen LogP contribution in [0.3, 0.4) is 0 Å². The fourth-order valence-electron chi connectivity index (χ4n) is 4.05. The van der Waals surface area contributed by atoms with Gasteiger partial charge in [0.05, 0.1) is 37.8 Å². The lowest BCUT2D eigenvalue weighted by Crippen LogP contribution is -2.44. The van der Waals surface area contributed by atoms with E-state index in [-0.39, 0.29) is 48.4 Å². The van der Waals surface area contributed by atoms with Crippen LogP contribution in [0, 0.1) is 6.92 Å². The number of anilines is 1. The lowest BCUT2D eigenvalue weighted by atomic mass is 10.0. The number of aryl methyl sites for hydroxylation is 1. The van der Waals surface area contributed by atoms with E-state index in [4.69, 9.17) is 55.9 Å². The third-order valence-electron chi connectivity index (χ3n) is 6.09. The van der Waals surface area contributed by atoms with Crippen LogP contribution in [-0.2, 0) is 19.1 Å². The van der Waals surface area contributed by atoms with Crippen LogP contribution < -0.4 is 5.32 Å². The third kappa shape index (κ3) is 5.80. The number of nitrogens with zero attached hydrogens (tertiary/aromatic N) is 1. The Hall–Kier alpha value is -3.15. The highest BCUT2D eigenvalue weighted by molar-refractivity contribution is 7.15. The molecule has 0 fully saturated rings. The fourth-order valence-corrected chi connectivity index (χ4v) is 6.03. The Balaban J connectivity index is 1.48. The van der Waals surface area contributed by atoms with Crippen molar-refractivity contribution >= 4 is 92.4 Å². The summed E-state index contributed by atoms with van der Waals surface area (Å²) < 4.78 is 10.3. The second-order valence-electron chi connectivity index (χ2n) is 8.76. The van der Waals surface area contributed by atoms with E-state index in [0.717, 1.165) is 22.5 Å². The van der Waals surface area contributed by atoms with Gasteiger partial charge in [-0.05, 0) is 26.3 Å². The lowest BCUT2D eigenvalue weighted by molar-refractivity contribution is -0.150. The van der Waals surface area contributed by atoms with Crippen LogP contribution in [0.1, 0.15) is 50.5 Å². The number of benzene rings is 2. The minimum atomic E-state index is -1.45. The van der Waals surface area contributed by atoms with Crippen LogP contribution in [0.5, 0.6) is 0 Å². The van der Waals surface area contributed by atoms with E-state index in [0.29, 0.717) is 10.5 Å². The average molecular weight is 658 g/mol. The van der Waals surface area contributed by atoms with Crippen LogP contribution in [0.4, 0.5) is 5.00 Å². The molecular formula is C27H20Cl4N2O7S.